The van der Waals surface area contributed by atoms with E-state index in [0.717, 1.165) is 11.4 Å². The van der Waals surface area contributed by atoms with Gasteiger partial charge in [-0.1, -0.05) is 6.07 Å². The summed E-state index contributed by atoms with van der Waals surface area (Å²) in [6.07, 6.45) is 4.02. The number of benzene rings is 1. The summed E-state index contributed by atoms with van der Waals surface area (Å²) in [7, 11) is 0. The van der Waals surface area contributed by atoms with E-state index in [4.69, 9.17) is 5.73 Å². The standard InChI is InChI=1S/C12H14N2/c1-9-7-10(2)12(11(13)8-9)14-5-3-4-6-14/h3-8H,13H2,1-2H3. The summed E-state index contributed by atoms with van der Waals surface area (Å²) in [6, 6.07) is 8.14. The highest BCUT2D eigenvalue weighted by Gasteiger charge is 2.04. The van der Waals surface area contributed by atoms with Gasteiger partial charge in [0.2, 0.25) is 0 Å². The lowest BCUT2D eigenvalue weighted by Gasteiger charge is -2.11. The van der Waals surface area contributed by atoms with Crippen LogP contribution in [0.2, 0.25) is 0 Å². The SMILES string of the molecule is Cc1cc(C)c(-n2cccc2)c(N)c1. The van der Waals surface area contributed by atoms with Crippen molar-refractivity contribution in [1.29, 1.82) is 0 Å². The zero-order valence-electron chi connectivity index (χ0n) is 8.49. The summed E-state index contributed by atoms with van der Waals surface area (Å²) in [5, 5.41) is 0. The van der Waals surface area contributed by atoms with Crippen molar-refractivity contribution in [2.75, 3.05) is 5.73 Å². The fourth-order valence-electron chi connectivity index (χ4n) is 1.83. The Labute approximate surface area is 84.0 Å². The highest BCUT2D eigenvalue weighted by Crippen LogP contribution is 2.23. The van der Waals surface area contributed by atoms with E-state index >= 15 is 0 Å². The average Bonchev–Trinajstić information content (AvgIpc) is 2.54. The van der Waals surface area contributed by atoms with Crippen molar-refractivity contribution in [3.63, 3.8) is 0 Å². The predicted octanol–water partition coefficient (Wildman–Crippen LogP) is 2.68. The van der Waals surface area contributed by atoms with Crippen molar-refractivity contribution >= 4 is 5.69 Å². The topological polar surface area (TPSA) is 30.9 Å². The van der Waals surface area contributed by atoms with Crippen LogP contribution in [0.3, 0.4) is 0 Å². The Kier molecular flexibility index (Phi) is 2.04. The Hall–Kier alpha value is -1.70. The van der Waals surface area contributed by atoms with Crippen LogP contribution in [0.1, 0.15) is 11.1 Å². The minimum atomic E-state index is 0.832. The first kappa shape index (κ1) is 8.88. The minimum absolute atomic E-state index is 0.832. The van der Waals surface area contributed by atoms with Gasteiger partial charge in [0.05, 0.1) is 11.4 Å². The van der Waals surface area contributed by atoms with E-state index in [1.807, 2.05) is 35.2 Å². The molecule has 72 valence electrons. The molecule has 14 heavy (non-hydrogen) atoms. The summed E-state index contributed by atoms with van der Waals surface area (Å²) in [5.74, 6) is 0. The van der Waals surface area contributed by atoms with Gasteiger partial charge in [0.1, 0.15) is 0 Å². The second-order valence-electron chi connectivity index (χ2n) is 3.61. The van der Waals surface area contributed by atoms with Crippen LogP contribution in [0.15, 0.2) is 36.7 Å². The molecule has 0 bridgehead atoms. The molecule has 2 N–H and O–H groups in total. The van der Waals surface area contributed by atoms with Crippen LogP contribution in [0.4, 0.5) is 5.69 Å². The second kappa shape index (κ2) is 3.22. The molecule has 2 rings (SSSR count). The van der Waals surface area contributed by atoms with Gasteiger partial charge in [-0.3, -0.25) is 0 Å². The van der Waals surface area contributed by atoms with Crippen LogP contribution >= 0.6 is 0 Å². The molecule has 1 aromatic heterocycles. The van der Waals surface area contributed by atoms with Crippen molar-refractivity contribution < 1.29 is 0 Å². The normalized spacial score (nSPS) is 10.4. The number of hydrogen-bond acceptors (Lipinski definition) is 1. The molecule has 0 unspecified atom stereocenters. The van der Waals surface area contributed by atoms with Crippen molar-refractivity contribution in [2.24, 2.45) is 0 Å². The van der Waals surface area contributed by atoms with Gasteiger partial charge < -0.3 is 10.3 Å². The molecular weight excluding hydrogens is 172 g/mol. The van der Waals surface area contributed by atoms with Crippen LogP contribution in [0.5, 0.6) is 0 Å². The van der Waals surface area contributed by atoms with Gasteiger partial charge in [0.25, 0.3) is 0 Å². The molecule has 0 atom stereocenters. The molecule has 2 heteroatoms. The number of nitrogen functional groups attached to an aromatic ring is 1. The van der Waals surface area contributed by atoms with Crippen molar-refractivity contribution in [1.82, 2.24) is 4.57 Å². The Bertz CT molecular complexity index is 418. The maximum atomic E-state index is 5.99. The fraction of sp³-hybridized carbons (Fsp3) is 0.167. The Balaban J connectivity index is 2.64. The Morgan fingerprint density at radius 3 is 2.29 bits per heavy atom. The summed E-state index contributed by atoms with van der Waals surface area (Å²) in [5.41, 5.74) is 10.3. The first-order valence-corrected chi connectivity index (χ1v) is 4.68. The van der Waals surface area contributed by atoms with Crippen LogP contribution < -0.4 is 5.73 Å². The number of nitrogens with zero attached hydrogens (tertiary/aromatic N) is 1. The van der Waals surface area contributed by atoms with E-state index in [9.17, 15) is 0 Å². The average molecular weight is 186 g/mol. The van der Waals surface area contributed by atoms with Crippen LogP contribution in [0.25, 0.3) is 5.69 Å². The van der Waals surface area contributed by atoms with Gasteiger partial charge in [-0.25, -0.2) is 0 Å². The van der Waals surface area contributed by atoms with Crippen molar-refractivity contribution in [3.05, 3.63) is 47.8 Å². The zero-order valence-corrected chi connectivity index (χ0v) is 8.49. The van der Waals surface area contributed by atoms with Gasteiger partial charge >= 0.3 is 0 Å². The van der Waals surface area contributed by atoms with E-state index in [2.05, 4.69) is 19.9 Å². The van der Waals surface area contributed by atoms with Gasteiger partial charge in [-0.15, -0.1) is 0 Å². The highest BCUT2D eigenvalue weighted by atomic mass is 15.0. The molecule has 0 amide bonds. The third-order valence-electron chi connectivity index (χ3n) is 2.34. The molecule has 1 aromatic carbocycles. The maximum absolute atomic E-state index is 5.99. The zero-order chi connectivity index (χ0) is 10.1. The van der Waals surface area contributed by atoms with E-state index in [-0.39, 0.29) is 0 Å². The number of rotatable bonds is 1. The van der Waals surface area contributed by atoms with Gasteiger partial charge in [0, 0.05) is 12.4 Å². The second-order valence-corrected chi connectivity index (χ2v) is 3.61. The number of hydrogen-bond donors (Lipinski definition) is 1. The van der Waals surface area contributed by atoms with Gasteiger partial charge in [-0.05, 0) is 43.2 Å². The molecule has 0 aliphatic heterocycles. The maximum Gasteiger partial charge on any atom is 0.0710 e. The minimum Gasteiger partial charge on any atom is -0.397 e. The smallest absolute Gasteiger partial charge is 0.0710 e. The van der Waals surface area contributed by atoms with Crippen LogP contribution in [0, 0.1) is 13.8 Å². The third-order valence-corrected chi connectivity index (χ3v) is 2.34. The summed E-state index contributed by atoms with van der Waals surface area (Å²) < 4.78 is 2.05. The first-order valence-electron chi connectivity index (χ1n) is 4.68. The lowest BCUT2D eigenvalue weighted by molar-refractivity contribution is 1.06. The van der Waals surface area contributed by atoms with E-state index < -0.39 is 0 Å². The van der Waals surface area contributed by atoms with Crippen LogP contribution in [-0.2, 0) is 0 Å². The van der Waals surface area contributed by atoms with E-state index in [0.29, 0.717) is 0 Å². The number of nitrogens with two attached hydrogens (primary N) is 1. The van der Waals surface area contributed by atoms with E-state index in [1.165, 1.54) is 11.1 Å². The molecule has 0 saturated heterocycles. The summed E-state index contributed by atoms with van der Waals surface area (Å²) in [4.78, 5) is 0. The predicted molar refractivity (Wildman–Crippen MR) is 59.7 cm³/mol. The molecule has 1 heterocycles. The number of aryl methyl sites for hydroxylation is 2. The summed E-state index contributed by atoms with van der Waals surface area (Å²) >= 11 is 0. The molecule has 0 radical (unpaired) electrons. The first-order chi connectivity index (χ1) is 6.68. The summed E-state index contributed by atoms with van der Waals surface area (Å²) in [6.45, 7) is 4.14. The van der Waals surface area contributed by atoms with E-state index in [1.54, 1.807) is 0 Å². The van der Waals surface area contributed by atoms with Gasteiger partial charge in [0.15, 0.2) is 0 Å². The molecule has 2 aromatic rings. The molecule has 2 nitrogen and oxygen atoms in total. The lowest BCUT2D eigenvalue weighted by atomic mass is 10.1. The monoisotopic (exact) mass is 186 g/mol. The molecular formula is C12H14N2. The molecule has 0 fully saturated rings. The Morgan fingerprint density at radius 1 is 1.07 bits per heavy atom. The van der Waals surface area contributed by atoms with Crippen LogP contribution in [-0.4, -0.2) is 4.57 Å². The molecule has 0 saturated carbocycles. The highest BCUT2D eigenvalue weighted by molar-refractivity contribution is 5.63. The molecule has 0 aliphatic rings. The van der Waals surface area contributed by atoms with Crippen molar-refractivity contribution in [3.8, 4) is 5.69 Å². The van der Waals surface area contributed by atoms with Gasteiger partial charge in [-0.2, -0.15) is 0 Å². The number of anilines is 1. The van der Waals surface area contributed by atoms with Crippen molar-refractivity contribution in [2.45, 2.75) is 13.8 Å². The number of aromatic nitrogens is 1. The fourth-order valence-corrected chi connectivity index (χ4v) is 1.83. The quantitative estimate of drug-likeness (QED) is 0.682. The lowest BCUT2D eigenvalue weighted by Crippen LogP contribution is -2.00. The third kappa shape index (κ3) is 1.39. The molecule has 0 spiro atoms. The largest absolute Gasteiger partial charge is 0.397 e. The Morgan fingerprint density at radius 2 is 1.71 bits per heavy atom. The molecule has 0 aliphatic carbocycles.